The van der Waals surface area contributed by atoms with E-state index in [-0.39, 0.29) is 6.04 Å². The molecule has 0 spiro atoms. The number of alkyl halides is 1. The molecule has 14 heavy (non-hydrogen) atoms. The van der Waals surface area contributed by atoms with Crippen LogP contribution in [0, 0.1) is 6.92 Å². The Hall–Kier alpha value is -0.600. The molecule has 0 bridgehead atoms. The summed E-state index contributed by atoms with van der Waals surface area (Å²) in [6, 6.07) is 5.36. The van der Waals surface area contributed by atoms with Gasteiger partial charge in [-0.05, 0) is 24.1 Å². The molecule has 0 unspecified atom stereocenters. The van der Waals surface area contributed by atoms with Crippen molar-refractivity contribution in [3.63, 3.8) is 0 Å². The summed E-state index contributed by atoms with van der Waals surface area (Å²) in [7, 11) is 0. The van der Waals surface area contributed by atoms with Crippen LogP contribution in [0.15, 0.2) is 18.2 Å². The Bertz CT molecular complexity index is 358. The summed E-state index contributed by atoms with van der Waals surface area (Å²) in [5, 5.41) is 0.625. The van der Waals surface area contributed by atoms with Crippen molar-refractivity contribution < 1.29 is 4.39 Å². The smallest absolute Gasteiger partial charge is 0.139 e. The standard InChI is InChI=1S/C11H13ClFN/c1-7-2-3-8(4-10(7)12)11(13)5-9(14)6-11/h2-4,9H,5-6,14H2,1H3. The minimum Gasteiger partial charge on any atom is -0.327 e. The summed E-state index contributed by atoms with van der Waals surface area (Å²) in [6.07, 6.45) is 0.818. The maximum absolute atomic E-state index is 14.1. The highest BCUT2D eigenvalue weighted by atomic mass is 35.5. The normalized spacial score (nSPS) is 31.3. The van der Waals surface area contributed by atoms with Gasteiger partial charge in [0, 0.05) is 23.9 Å². The van der Waals surface area contributed by atoms with E-state index in [0.717, 1.165) is 5.56 Å². The lowest BCUT2D eigenvalue weighted by molar-refractivity contribution is 0.0405. The Morgan fingerprint density at radius 3 is 2.64 bits per heavy atom. The molecule has 0 aliphatic heterocycles. The third kappa shape index (κ3) is 1.53. The van der Waals surface area contributed by atoms with E-state index in [1.165, 1.54) is 0 Å². The van der Waals surface area contributed by atoms with Crippen LogP contribution in [0.1, 0.15) is 24.0 Å². The number of halogens is 2. The molecule has 1 aliphatic carbocycles. The van der Waals surface area contributed by atoms with E-state index in [2.05, 4.69) is 0 Å². The van der Waals surface area contributed by atoms with Crippen LogP contribution >= 0.6 is 11.6 Å². The van der Waals surface area contributed by atoms with Gasteiger partial charge in [0.25, 0.3) is 0 Å². The number of rotatable bonds is 1. The number of benzene rings is 1. The van der Waals surface area contributed by atoms with Crippen molar-refractivity contribution >= 4 is 11.6 Å². The van der Waals surface area contributed by atoms with Crippen molar-refractivity contribution in [1.29, 1.82) is 0 Å². The second kappa shape index (κ2) is 3.21. The van der Waals surface area contributed by atoms with Crippen LogP contribution in [0.25, 0.3) is 0 Å². The molecule has 1 aromatic carbocycles. The lowest BCUT2D eigenvalue weighted by Crippen LogP contribution is -2.46. The molecule has 0 atom stereocenters. The molecule has 1 aromatic rings. The maximum atomic E-state index is 14.1. The first-order valence-electron chi connectivity index (χ1n) is 4.72. The zero-order valence-electron chi connectivity index (χ0n) is 8.06. The van der Waals surface area contributed by atoms with Gasteiger partial charge in [-0.2, -0.15) is 0 Å². The second-order valence-corrected chi connectivity index (χ2v) is 4.50. The first kappa shape index (κ1) is 9.94. The van der Waals surface area contributed by atoms with Crippen molar-refractivity contribution in [3.05, 3.63) is 34.3 Å². The van der Waals surface area contributed by atoms with Crippen molar-refractivity contribution in [1.82, 2.24) is 0 Å². The SMILES string of the molecule is Cc1ccc(C2(F)CC(N)C2)cc1Cl. The zero-order valence-corrected chi connectivity index (χ0v) is 8.81. The first-order valence-corrected chi connectivity index (χ1v) is 5.10. The Morgan fingerprint density at radius 1 is 1.50 bits per heavy atom. The molecule has 76 valence electrons. The molecule has 1 fully saturated rings. The molecule has 0 heterocycles. The van der Waals surface area contributed by atoms with Crippen LogP contribution in [0.4, 0.5) is 4.39 Å². The molecule has 1 nitrogen and oxygen atoms in total. The average Bonchev–Trinajstić information content (AvgIpc) is 2.07. The van der Waals surface area contributed by atoms with E-state index >= 15 is 0 Å². The van der Waals surface area contributed by atoms with Crippen molar-refractivity contribution in [2.45, 2.75) is 31.5 Å². The number of nitrogens with two attached hydrogens (primary N) is 1. The number of aryl methyl sites for hydroxylation is 1. The van der Waals surface area contributed by atoms with Gasteiger partial charge in [-0.3, -0.25) is 0 Å². The fraction of sp³-hybridized carbons (Fsp3) is 0.455. The van der Waals surface area contributed by atoms with Gasteiger partial charge in [-0.1, -0.05) is 23.7 Å². The minimum atomic E-state index is -1.24. The van der Waals surface area contributed by atoms with E-state index in [1.54, 1.807) is 12.1 Å². The third-order valence-electron chi connectivity index (χ3n) is 2.86. The number of hydrogen-bond donors (Lipinski definition) is 1. The topological polar surface area (TPSA) is 26.0 Å². The van der Waals surface area contributed by atoms with E-state index in [0.29, 0.717) is 23.4 Å². The van der Waals surface area contributed by atoms with E-state index in [1.807, 2.05) is 13.0 Å². The van der Waals surface area contributed by atoms with Gasteiger partial charge >= 0.3 is 0 Å². The van der Waals surface area contributed by atoms with E-state index in [4.69, 9.17) is 17.3 Å². The van der Waals surface area contributed by atoms with Crippen molar-refractivity contribution in [3.8, 4) is 0 Å². The Morgan fingerprint density at radius 2 is 2.14 bits per heavy atom. The van der Waals surface area contributed by atoms with Crippen molar-refractivity contribution in [2.75, 3.05) is 0 Å². The van der Waals surface area contributed by atoms with Crippen molar-refractivity contribution in [2.24, 2.45) is 5.73 Å². The van der Waals surface area contributed by atoms with Gasteiger partial charge in [-0.25, -0.2) is 4.39 Å². The molecule has 0 radical (unpaired) electrons. The predicted octanol–water partition coefficient (Wildman–Crippen LogP) is 2.93. The summed E-state index contributed by atoms with van der Waals surface area (Å²) < 4.78 is 14.1. The summed E-state index contributed by atoms with van der Waals surface area (Å²) in [5.41, 5.74) is 5.98. The molecule has 3 heteroatoms. The fourth-order valence-electron chi connectivity index (χ4n) is 1.88. The Balaban J connectivity index is 2.29. The van der Waals surface area contributed by atoms with Gasteiger partial charge in [0.15, 0.2) is 0 Å². The quantitative estimate of drug-likeness (QED) is 0.763. The van der Waals surface area contributed by atoms with Crippen LogP contribution < -0.4 is 5.73 Å². The summed E-state index contributed by atoms with van der Waals surface area (Å²) in [5.74, 6) is 0. The summed E-state index contributed by atoms with van der Waals surface area (Å²) >= 11 is 5.94. The fourth-order valence-corrected chi connectivity index (χ4v) is 2.06. The van der Waals surface area contributed by atoms with Gasteiger partial charge in [0.2, 0.25) is 0 Å². The molecule has 0 saturated heterocycles. The van der Waals surface area contributed by atoms with Crippen LogP contribution in [0.5, 0.6) is 0 Å². The lowest BCUT2D eigenvalue weighted by Gasteiger charge is -2.39. The second-order valence-electron chi connectivity index (χ2n) is 4.10. The van der Waals surface area contributed by atoms with Crippen LogP contribution in [-0.2, 0) is 5.67 Å². The molecule has 0 aromatic heterocycles. The Kier molecular flexibility index (Phi) is 2.28. The first-order chi connectivity index (χ1) is 6.51. The molecule has 0 amide bonds. The Labute approximate surface area is 88.1 Å². The number of hydrogen-bond acceptors (Lipinski definition) is 1. The average molecular weight is 214 g/mol. The monoisotopic (exact) mass is 213 g/mol. The van der Waals surface area contributed by atoms with Crippen LogP contribution in [0.3, 0.4) is 0 Å². The highest BCUT2D eigenvalue weighted by molar-refractivity contribution is 6.31. The van der Waals surface area contributed by atoms with E-state index < -0.39 is 5.67 Å². The molecule has 2 rings (SSSR count). The van der Waals surface area contributed by atoms with Crippen LogP contribution in [-0.4, -0.2) is 6.04 Å². The lowest BCUT2D eigenvalue weighted by atomic mass is 9.73. The zero-order chi connectivity index (χ0) is 10.3. The molecule has 2 N–H and O–H groups in total. The van der Waals surface area contributed by atoms with Gasteiger partial charge in [0.05, 0.1) is 0 Å². The summed E-state index contributed by atoms with van der Waals surface area (Å²) in [4.78, 5) is 0. The van der Waals surface area contributed by atoms with Gasteiger partial charge in [-0.15, -0.1) is 0 Å². The van der Waals surface area contributed by atoms with E-state index in [9.17, 15) is 4.39 Å². The molecular formula is C11H13ClFN. The van der Waals surface area contributed by atoms with Gasteiger partial charge < -0.3 is 5.73 Å². The minimum absolute atomic E-state index is 0.0000728. The van der Waals surface area contributed by atoms with Crippen LogP contribution in [0.2, 0.25) is 5.02 Å². The third-order valence-corrected chi connectivity index (χ3v) is 3.27. The summed E-state index contributed by atoms with van der Waals surface area (Å²) in [6.45, 7) is 1.91. The predicted molar refractivity (Wildman–Crippen MR) is 56.2 cm³/mol. The van der Waals surface area contributed by atoms with Gasteiger partial charge in [0.1, 0.15) is 5.67 Å². The molecular weight excluding hydrogens is 201 g/mol. The molecule has 1 aliphatic rings. The molecule has 1 saturated carbocycles. The highest BCUT2D eigenvalue weighted by Gasteiger charge is 2.44. The largest absolute Gasteiger partial charge is 0.327 e. The highest BCUT2D eigenvalue weighted by Crippen LogP contribution is 2.45. The maximum Gasteiger partial charge on any atom is 0.139 e.